The van der Waals surface area contributed by atoms with Gasteiger partial charge in [0.05, 0.1) is 7.11 Å². The van der Waals surface area contributed by atoms with E-state index in [9.17, 15) is 0 Å². The third-order valence-corrected chi connectivity index (χ3v) is 4.05. The van der Waals surface area contributed by atoms with Gasteiger partial charge in [0.15, 0.2) is 11.5 Å². The molecular weight excluding hydrogens is 276 g/mol. The third kappa shape index (κ3) is 3.77. The number of hydrogen-bond donors (Lipinski definition) is 1. The molecule has 0 saturated heterocycles. The van der Waals surface area contributed by atoms with Crippen molar-refractivity contribution in [2.75, 3.05) is 7.11 Å². The number of rotatable bonds is 7. The van der Waals surface area contributed by atoms with Crippen molar-refractivity contribution >= 4 is 0 Å². The number of methoxy groups -OCH3 is 1. The second-order valence-corrected chi connectivity index (χ2v) is 5.83. The summed E-state index contributed by atoms with van der Waals surface area (Å²) in [7, 11) is 1.68. The highest BCUT2D eigenvalue weighted by atomic mass is 16.5. The van der Waals surface area contributed by atoms with Crippen LogP contribution in [0, 0.1) is 5.92 Å². The first-order chi connectivity index (χ1) is 10.8. The van der Waals surface area contributed by atoms with Crippen LogP contribution in [0.15, 0.2) is 42.7 Å². The molecule has 2 atom stereocenters. The van der Waals surface area contributed by atoms with Crippen LogP contribution in [0.4, 0.5) is 0 Å². The fourth-order valence-electron chi connectivity index (χ4n) is 2.44. The summed E-state index contributed by atoms with van der Waals surface area (Å²) in [6.45, 7) is 3.65. The summed E-state index contributed by atoms with van der Waals surface area (Å²) in [6, 6.07) is 10.7. The molecule has 1 aliphatic rings. The van der Waals surface area contributed by atoms with Gasteiger partial charge >= 0.3 is 0 Å². The van der Waals surface area contributed by atoms with Gasteiger partial charge in [-0.15, -0.1) is 0 Å². The molecule has 4 nitrogen and oxygen atoms in total. The summed E-state index contributed by atoms with van der Waals surface area (Å²) in [6.07, 6.45) is 4.82. The lowest BCUT2D eigenvalue weighted by Crippen LogP contribution is -2.17. The Morgan fingerprint density at radius 1 is 1.14 bits per heavy atom. The smallest absolute Gasteiger partial charge is 0.161 e. The fourth-order valence-corrected chi connectivity index (χ4v) is 2.44. The van der Waals surface area contributed by atoms with E-state index in [0.29, 0.717) is 12.6 Å². The molecule has 1 saturated carbocycles. The molecule has 0 amide bonds. The SMILES string of the molecule is COc1cc(CN[C@H]2C[C@@H]2C)ccc1OCc1ccncc1. The second-order valence-electron chi connectivity index (χ2n) is 5.83. The van der Waals surface area contributed by atoms with Gasteiger partial charge < -0.3 is 14.8 Å². The molecule has 22 heavy (non-hydrogen) atoms. The lowest BCUT2D eigenvalue weighted by molar-refractivity contribution is 0.284. The fraction of sp³-hybridized carbons (Fsp3) is 0.389. The largest absolute Gasteiger partial charge is 0.493 e. The predicted molar refractivity (Wildman–Crippen MR) is 86.0 cm³/mol. The number of aromatic nitrogens is 1. The molecule has 0 aliphatic heterocycles. The van der Waals surface area contributed by atoms with Crippen molar-refractivity contribution in [3.8, 4) is 11.5 Å². The number of nitrogens with zero attached hydrogens (tertiary/aromatic N) is 1. The van der Waals surface area contributed by atoms with Crippen LogP contribution in [-0.4, -0.2) is 18.1 Å². The van der Waals surface area contributed by atoms with Gasteiger partial charge in [0, 0.05) is 25.0 Å². The molecule has 1 aliphatic carbocycles. The maximum absolute atomic E-state index is 5.85. The number of ether oxygens (including phenoxy) is 2. The van der Waals surface area contributed by atoms with E-state index in [-0.39, 0.29) is 0 Å². The Hall–Kier alpha value is -2.07. The summed E-state index contributed by atoms with van der Waals surface area (Å²) in [5, 5.41) is 3.55. The highest BCUT2D eigenvalue weighted by Gasteiger charge is 2.31. The predicted octanol–water partition coefficient (Wildman–Crippen LogP) is 3.17. The minimum Gasteiger partial charge on any atom is -0.493 e. The summed E-state index contributed by atoms with van der Waals surface area (Å²) >= 11 is 0. The minimum atomic E-state index is 0.510. The quantitative estimate of drug-likeness (QED) is 0.852. The lowest BCUT2D eigenvalue weighted by Gasteiger charge is -2.12. The first-order valence-corrected chi connectivity index (χ1v) is 7.68. The van der Waals surface area contributed by atoms with Gasteiger partial charge in [-0.1, -0.05) is 13.0 Å². The monoisotopic (exact) mass is 298 g/mol. The summed E-state index contributed by atoms with van der Waals surface area (Å²) in [4.78, 5) is 4.00. The molecule has 2 aromatic rings. The van der Waals surface area contributed by atoms with E-state index in [4.69, 9.17) is 9.47 Å². The van der Waals surface area contributed by atoms with Gasteiger partial charge in [-0.25, -0.2) is 0 Å². The summed E-state index contributed by atoms with van der Waals surface area (Å²) in [5.41, 5.74) is 2.30. The number of benzene rings is 1. The zero-order valence-electron chi connectivity index (χ0n) is 13.1. The molecule has 1 aromatic carbocycles. The Balaban J connectivity index is 1.61. The zero-order chi connectivity index (χ0) is 15.4. The van der Waals surface area contributed by atoms with E-state index in [1.165, 1.54) is 12.0 Å². The van der Waals surface area contributed by atoms with Crippen molar-refractivity contribution < 1.29 is 9.47 Å². The van der Waals surface area contributed by atoms with Crippen molar-refractivity contribution in [1.82, 2.24) is 10.3 Å². The molecule has 0 unspecified atom stereocenters. The van der Waals surface area contributed by atoms with Gasteiger partial charge in [-0.05, 0) is 47.7 Å². The van der Waals surface area contributed by atoms with E-state index in [2.05, 4.69) is 23.3 Å². The van der Waals surface area contributed by atoms with Crippen LogP contribution in [0.2, 0.25) is 0 Å². The van der Waals surface area contributed by atoms with E-state index in [0.717, 1.165) is 29.5 Å². The van der Waals surface area contributed by atoms with Crippen molar-refractivity contribution in [3.05, 3.63) is 53.9 Å². The normalized spacial score (nSPS) is 19.7. The molecule has 1 aromatic heterocycles. The van der Waals surface area contributed by atoms with E-state index < -0.39 is 0 Å². The van der Waals surface area contributed by atoms with E-state index >= 15 is 0 Å². The molecule has 0 spiro atoms. The standard InChI is InChI=1S/C18H22N2O2/c1-13-9-16(13)20-11-15-3-4-17(18(10-15)21-2)22-12-14-5-7-19-8-6-14/h3-8,10,13,16,20H,9,11-12H2,1-2H3/t13-,16-/m0/s1. The van der Waals surface area contributed by atoms with Gasteiger partial charge in [-0.3, -0.25) is 4.98 Å². The molecule has 1 fully saturated rings. The molecule has 1 N–H and O–H groups in total. The Bertz CT molecular complexity index is 616. The van der Waals surface area contributed by atoms with Crippen LogP contribution in [-0.2, 0) is 13.2 Å². The molecule has 3 rings (SSSR count). The second kappa shape index (κ2) is 6.79. The minimum absolute atomic E-state index is 0.510. The molecular formula is C18H22N2O2. The van der Waals surface area contributed by atoms with Crippen LogP contribution in [0.1, 0.15) is 24.5 Å². The molecule has 116 valence electrons. The number of hydrogen-bond acceptors (Lipinski definition) is 4. The summed E-state index contributed by atoms with van der Waals surface area (Å²) in [5.74, 6) is 2.35. The number of pyridine rings is 1. The molecule has 0 radical (unpaired) electrons. The maximum atomic E-state index is 5.85. The Kier molecular flexibility index (Phi) is 4.59. The van der Waals surface area contributed by atoms with Crippen molar-refractivity contribution in [2.24, 2.45) is 5.92 Å². The first-order valence-electron chi connectivity index (χ1n) is 7.68. The third-order valence-electron chi connectivity index (χ3n) is 4.05. The van der Waals surface area contributed by atoms with Crippen LogP contribution >= 0.6 is 0 Å². The average molecular weight is 298 g/mol. The van der Waals surface area contributed by atoms with Gasteiger partial charge in [0.2, 0.25) is 0 Å². The molecule has 1 heterocycles. The van der Waals surface area contributed by atoms with Crippen molar-refractivity contribution in [1.29, 1.82) is 0 Å². The van der Waals surface area contributed by atoms with Crippen LogP contribution in [0.5, 0.6) is 11.5 Å². The zero-order valence-corrected chi connectivity index (χ0v) is 13.1. The Morgan fingerprint density at radius 2 is 1.91 bits per heavy atom. The highest BCUT2D eigenvalue weighted by Crippen LogP contribution is 2.31. The van der Waals surface area contributed by atoms with Gasteiger partial charge in [0.25, 0.3) is 0 Å². The highest BCUT2D eigenvalue weighted by molar-refractivity contribution is 5.43. The topological polar surface area (TPSA) is 43.4 Å². The van der Waals surface area contributed by atoms with Crippen molar-refractivity contribution in [2.45, 2.75) is 32.5 Å². The van der Waals surface area contributed by atoms with Gasteiger partial charge in [0.1, 0.15) is 6.61 Å². The maximum Gasteiger partial charge on any atom is 0.161 e. The van der Waals surface area contributed by atoms with E-state index in [1.54, 1.807) is 19.5 Å². The average Bonchev–Trinajstić information content (AvgIpc) is 3.27. The Morgan fingerprint density at radius 3 is 2.59 bits per heavy atom. The van der Waals surface area contributed by atoms with Crippen LogP contribution < -0.4 is 14.8 Å². The summed E-state index contributed by atoms with van der Waals surface area (Å²) < 4.78 is 11.3. The van der Waals surface area contributed by atoms with Crippen LogP contribution in [0.3, 0.4) is 0 Å². The van der Waals surface area contributed by atoms with Crippen LogP contribution in [0.25, 0.3) is 0 Å². The number of nitrogens with one attached hydrogen (secondary N) is 1. The first kappa shape index (κ1) is 14.9. The molecule has 0 bridgehead atoms. The lowest BCUT2D eigenvalue weighted by atomic mass is 10.2. The van der Waals surface area contributed by atoms with E-state index in [1.807, 2.05) is 24.3 Å². The van der Waals surface area contributed by atoms with Crippen molar-refractivity contribution in [3.63, 3.8) is 0 Å². The Labute approximate surface area is 131 Å². The van der Waals surface area contributed by atoms with Gasteiger partial charge in [-0.2, -0.15) is 0 Å². The molecule has 4 heteroatoms.